The van der Waals surface area contributed by atoms with E-state index in [0.717, 1.165) is 0 Å². The van der Waals surface area contributed by atoms with Crippen molar-refractivity contribution in [1.29, 1.82) is 0 Å². The van der Waals surface area contributed by atoms with Crippen molar-refractivity contribution in [3.05, 3.63) is 28.1 Å². The summed E-state index contributed by atoms with van der Waals surface area (Å²) in [5, 5.41) is 6.65. The summed E-state index contributed by atoms with van der Waals surface area (Å²) in [6.45, 7) is 0. The lowest BCUT2D eigenvalue weighted by Crippen LogP contribution is -2.04. The Balaban J connectivity index is 2.74. The average molecular weight is 273 g/mol. The van der Waals surface area contributed by atoms with Crippen LogP contribution in [0.5, 0.6) is 0 Å². The molecule has 0 spiro atoms. The molecule has 0 aliphatic carbocycles. The van der Waals surface area contributed by atoms with Gasteiger partial charge in [0.15, 0.2) is 0 Å². The minimum absolute atomic E-state index is 0.105. The smallest absolute Gasteiger partial charge is 0.340 e. The molecule has 1 N–H and O–H groups in total. The lowest BCUT2D eigenvalue weighted by Gasteiger charge is -2.01. The summed E-state index contributed by atoms with van der Waals surface area (Å²) in [5.41, 5.74) is 0.416. The van der Waals surface area contributed by atoms with Gasteiger partial charge in [-0.15, -0.1) is 0 Å². The van der Waals surface area contributed by atoms with Gasteiger partial charge in [-0.1, -0.05) is 0 Å². The first-order chi connectivity index (χ1) is 7.15. The number of carbonyl (C=O) groups is 1. The summed E-state index contributed by atoms with van der Waals surface area (Å²) in [6.07, 6.45) is 0. The SMILES string of the molecule is COC(=O)c1ccc2[nH]nc(Br)c2c1F. The molecule has 1 aromatic heterocycles. The monoisotopic (exact) mass is 272 g/mol. The number of methoxy groups -OCH3 is 1. The van der Waals surface area contributed by atoms with E-state index < -0.39 is 11.8 Å². The molecular weight excluding hydrogens is 267 g/mol. The maximum Gasteiger partial charge on any atom is 0.340 e. The van der Waals surface area contributed by atoms with Crippen molar-refractivity contribution in [3.63, 3.8) is 0 Å². The van der Waals surface area contributed by atoms with E-state index in [1.807, 2.05) is 0 Å². The highest BCUT2D eigenvalue weighted by molar-refractivity contribution is 9.10. The maximum absolute atomic E-state index is 13.8. The summed E-state index contributed by atoms with van der Waals surface area (Å²) < 4.78 is 18.6. The molecule has 15 heavy (non-hydrogen) atoms. The molecule has 0 saturated heterocycles. The highest BCUT2D eigenvalue weighted by Gasteiger charge is 2.17. The molecule has 1 heterocycles. The second-order valence-electron chi connectivity index (χ2n) is 2.86. The molecule has 0 bridgehead atoms. The van der Waals surface area contributed by atoms with Crippen LogP contribution in [0.3, 0.4) is 0 Å². The minimum Gasteiger partial charge on any atom is -0.465 e. The second-order valence-corrected chi connectivity index (χ2v) is 3.61. The first kappa shape index (κ1) is 10.1. The van der Waals surface area contributed by atoms with E-state index in [1.165, 1.54) is 13.2 Å². The van der Waals surface area contributed by atoms with E-state index in [1.54, 1.807) is 6.07 Å². The topological polar surface area (TPSA) is 55.0 Å². The van der Waals surface area contributed by atoms with Crippen molar-refractivity contribution in [2.24, 2.45) is 0 Å². The number of nitrogens with one attached hydrogen (secondary N) is 1. The fourth-order valence-corrected chi connectivity index (χ4v) is 1.78. The number of H-pyrrole nitrogens is 1. The van der Waals surface area contributed by atoms with Crippen LogP contribution in [-0.2, 0) is 4.74 Å². The minimum atomic E-state index is -0.706. The molecule has 2 aromatic rings. The van der Waals surface area contributed by atoms with Crippen LogP contribution in [-0.4, -0.2) is 23.3 Å². The quantitative estimate of drug-likeness (QED) is 0.811. The van der Waals surface area contributed by atoms with Crippen LogP contribution in [0.15, 0.2) is 16.7 Å². The fourth-order valence-electron chi connectivity index (χ4n) is 1.30. The van der Waals surface area contributed by atoms with Gasteiger partial charge in [-0.2, -0.15) is 5.10 Å². The summed E-state index contributed by atoms with van der Waals surface area (Å²) in [6, 6.07) is 2.93. The lowest BCUT2D eigenvalue weighted by atomic mass is 10.1. The summed E-state index contributed by atoms with van der Waals surface area (Å²) in [7, 11) is 1.20. The van der Waals surface area contributed by atoms with Crippen LogP contribution in [0.25, 0.3) is 10.9 Å². The van der Waals surface area contributed by atoms with Crippen LogP contribution in [0, 0.1) is 5.82 Å². The zero-order valence-corrected chi connectivity index (χ0v) is 9.26. The zero-order chi connectivity index (χ0) is 11.0. The molecule has 1 aromatic carbocycles. The lowest BCUT2D eigenvalue weighted by molar-refractivity contribution is 0.0596. The number of fused-ring (bicyclic) bond motifs is 1. The maximum atomic E-state index is 13.8. The van der Waals surface area contributed by atoms with Crippen molar-refractivity contribution in [1.82, 2.24) is 10.2 Å². The van der Waals surface area contributed by atoms with Crippen molar-refractivity contribution < 1.29 is 13.9 Å². The molecule has 0 amide bonds. The number of ether oxygens (including phenoxy) is 1. The Labute approximate surface area is 92.5 Å². The summed E-state index contributed by atoms with van der Waals surface area (Å²) >= 11 is 3.09. The highest BCUT2D eigenvalue weighted by Crippen LogP contribution is 2.26. The normalized spacial score (nSPS) is 10.6. The Hall–Kier alpha value is -1.43. The van der Waals surface area contributed by atoms with Gasteiger partial charge in [-0.25, -0.2) is 9.18 Å². The third kappa shape index (κ3) is 1.50. The number of rotatable bonds is 1. The first-order valence-electron chi connectivity index (χ1n) is 4.05. The van der Waals surface area contributed by atoms with E-state index >= 15 is 0 Å². The summed E-state index contributed by atoms with van der Waals surface area (Å²) in [5.74, 6) is -1.34. The van der Waals surface area contributed by atoms with Gasteiger partial charge in [0.25, 0.3) is 0 Å². The molecule has 2 rings (SSSR count). The summed E-state index contributed by atoms with van der Waals surface area (Å²) in [4.78, 5) is 11.2. The number of aromatic amines is 1. The van der Waals surface area contributed by atoms with Gasteiger partial charge in [-0.05, 0) is 28.1 Å². The van der Waals surface area contributed by atoms with E-state index in [4.69, 9.17) is 0 Å². The molecule has 0 aliphatic rings. The van der Waals surface area contributed by atoms with Crippen molar-refractivity contribution in [2.75, 3.05) is 7.11 Å². The van der Waals surface area contributed by atoms with Gasteiger partial charge in [-0.3, -0.25) is 5.10 Å². The van der Waals surface area contributed by atoms with Crippen LogP contribution >= 0.6 is 15.9 Å². The third-order valence-electron chi connectivity index (χ3n) is 2.03. The van der Waals surface area contributed by atoms with E-state index in [2.05, 4.69) is 30.9 Å². The zero-order valence-electron chi connectivity index (χ0n) is 7.67. The average Bonchev–Trinajstić information content (AvgIpc) is 2.61. The van der Waals surface area contributed by atoms with Gasteiger partial charge in [0.05, 0.1) is 23.6 Å². The predicted molar refractivity (Wildman–Crippen MR) is 55.1 cm³/mol. The third-order valence-corrected chi connectivity index (χ3v) is 2.60. The molecule has 78 valence electrons. The molecule has 0 saturated carbocycles. The second kappa shape index (κ2) is 3.62. The molecular formula is C9H6BrFN2O2. The molecule has 4 nitrogen and oxygen atoms in total. The number of esters is 1. The Morgan fingerprint density at radius 2 is 2.33 bits per heavy atom. The first-order valence-corrected chi connectivity index (χ1v) is 4.85. The van der Waals surface area contributed by atoms with Gasteiger partial charge >= 0.3 is 5.97 Å². The number of hydrogen-bond donors (Lipinski definition) is 1. The molecule has 0 radical (unpaired) electrons. The highest BCUT2D eigenvalue weighted by atomic mass is 79.9. The Bertz CT molecular complexity index is 538. The predicted octanol–water partition coefficient (Wildman–Crippen LogP) is 2.25. The molecule has 0 unspecified atom stereocenters. The van der Waals surface area contributed by atoms with E-state index in [0.29, 0.717) is 10.1 Å². The Kier molecular flexibility index (Phi) is 2.44. The Morgan fingerprint density at radius 3 is 3.00 bits per heavy atom. The number of nitrogens with zero attached hydrogens (tertiary/aromatic N) is 1. The molecule has 6 heteroatoms. The van der Waals surface area contributed by atoms with Crippen molar-refractivity contribution in [2.45, 2.75) is 0 Å². The Morgan fingerprint density at radius 1 is 1.60 bits per heavy atom. The van der Waals surface area contributed by atoms with E-state index in [-0.39, 0.29) is 10.9 Å². The number of benzene rings is 1. The van der Waals surface area contributed by atoms with Crippen LogP contribution in [0.4, 0.5) is 4.39 Å². The van der Waals surface area contributed by atoms with Gasteiger partial charge in [0, 0.05) is 0 Å². The molecule has 0 fully saturated rings. The standard InChI is InChI=1S/C9H6BrFN2O2/c1-15-9(14)4-2-3-5-6(7(4)11)8(10)13-12-5/h2-3H,1H3,(H,12,13). The molecule has 0 atom stereocenters. The van der Waals surface area contributed by atoms with Crippen LogP contribution in [0.1, 0.15) is 10.4 Å². The fraction of sp³-hybridized carbons (Fsp3) is 0.111. The largest absolute Gasteiger partial charge is 0.465 e. The van der Waals surface area contributed by atoms with Gasteiger partial charge in [0.2, 0.25) is 0 Å². The van der Waals surface area contributed by atoms with Crippen LogP contribution in [0.2, 0.25) is 0 Å². The van der Waals surface area contributed by atoms with Gasteiger partial charge in [0.1, 0.15) is 10.4 Å². The number of halogens is 2. The van der Waals surface area contributed by atoms with Crippen molar-refractivity contribution >= 4 is 32.8 Å². The van der Waals surface area contributed by atoms with E-state index in [9.17, 15) is 9.18 Å². The van der Waals surface area contributed by atoms with Gasteiger partial charge < -0.3 is 4.74 Å². The number of carbonyl (C=O) groups excluding carboxylic acids is 1. The number of aromatic nitrogens is 2. The van der Waals surface area contributed by atoms with Crippen molar-refractivity contribution in [3.8, 4) is 0 Å². The molecule has 0 aliphatic heterocycles. The number of hydrogen-bond acceptors (Lipinski definition) is 3. The van der Waals surface area contributed by atoms with Crippen LogP contribution < -0.4 is 0 Å².